The van der Waals surface area contributed by atoms with E-state index in [1.807, 2.05) is 42.5 Å². The second-order valence-corrected chi connectivity index (χ2v) is 5.48. The Morgan fingerprint density at radius 1 is 1.24 bits per heavy atom. The van der Waals surface area contributed by atoms with Crippen molar-refractivity contribution in [2.24, 2.45) is 5.10 Å². The van der Waals surface area contributed by atoms with Crippen LogP contribution in [0.4, 0.5) is 0 Å². The summed E-state index contributed by atoms with van der Waals surface area (Å²) in [6, 6.07) is 16.6. The Bertz CT molecular complexity index is 792. The van der Waals surface area contributed by atoms with Crippen molar-refractivity contribution in [3.05, 3.63) is 65.7 Å². The van der Waals surface area contributed by atoms with Crippen LogP contribution in [0, 0.1) is 0 Å². The Kier molecular flexibility index (Phi) is 5.06. The zero-order valence-corrected chi connectivity index (χ0v) is 13.3. The SMILES string of the molecule is O=CN1N=C(c2ccccc2OCC(=O)NO)CC1c1ccccc1. The lowest BCUT2D eigenvalue weighted by Gasteiger charge is -2.17. The number of carbonyl (C=O) groups is 2. The summed E-state index contributed by atoms with van der Waals surface area (Å²) < 4.78 is 5.45. The largest absolute Gasteiger partial charge is 0.483 e. The number of hydrazone groups is 1. The van der Waals surface area contributed by atoms with E-state index >= 15 is 0 Å². The lowest BCUT2D eigenvalue weighted by atomic mass is 9.98. The van der Waals surface area contributed by atoms with Crippen molar-refractivity contribution in [3.63, 3.8) is 0 Å². The van der Waals surface area contributed by atoms with Crippen molar-refractivity contribution in [1.29, 1.82) is 0 Å². The van der Waals surface area contributed by atoms with E-state index in [2.05, 4.69) is 5.10 Å². The predicted molar refractivity (Wildman–Crippen MR) is 90.1 cm³/mol. The highest BCUT2D eigenvalue weighted by molar-refractivity contribution is 6.04. The Hall–Kier alpha value is -3.19. The van der Waals surface area contributed by atoms with Crippen LogP contribution in [0.2, 0.25) is 0 Å². The van der Waals surface area contributed by atoms with E-state index in [9.17, 15) is 9.59 Å². The quantitative estimate of drug-likeness (QED) is 0.477. The van der Waals surface area contributed by atoms with E-state index in [0.29, 0.717) is 29.9 Å². The molecule has 3 rings (SSSR count). The molecule has 1 aliphatic rings. The lowest BCUT2D eigenvalue weighted by molar-refractivity contribution is -0.131. The van der Waals surface area contributed by atoms with Crippen molar-refractivity contribution in [3.8, 4) is 5.75 Å². The minimum Gasteiger partial charge on any atom is -0.483 e. The second-order valence-electron chi connectivity index (χ2n) is 5.48. The summed E-state index contributed by atoms with van der Waals surface area (Å²) in [7, 11) is 0. The number of hydroxylamine groups is 1. The minimum atomic E-state index is -0.653. The van der Waals surface area contributed by atoms with Gasteiger partial charge in [-0.3, -0.25) is 14.8 Å². The van der Waals surface area contributed by atoms with Crippen molar-refractivity contribution in [2.45, 2.75) is 12.5 Å². The number of nitrogens with one attached hydrogen (secondary N) is 1. The summed E-state index contributed by atoms with van der Waals surface area (Å²) >= 11 is 0. The molecule has 2 aromatic carbocycles. The molecule has 0 radical (unpaired) electrons. The topological polar surface area (TPSA) is 91.2 Å². The van der Waals surface area contributed by atoms with Crippen LogP contribution in [0.25, 0.3) is 0 Å². The van der Waals surface area contributed by atoms with Gasteiger partial charge in [0.05, 0.1) is 11.8 Å². The van der Waals surface area contributed by atoms with Gasteiger partial charge in [-0.15, -0.1) is 0 Å². The van der Waals surface area contributed by atoms with Gasteiger partial charge in [-0.2, -0.15) is 5.10 Å². The first-order valence-corrected chi connectivity index (χ1v) is 7.74. The van der Waals surface area contributed by atoms with Crippen molar-refractivity contribution >= 4 is 18.0 Å². The maximum absolute atomic E-state index is 11.4. The zero-order valence-electron chi connectivity index (χ0n) is 13.3. The van der Waals surface area contributed by atoms with Crippen LogP contribution in [-0.4, -0.2) is 34.9 Å². The first-order valence-electron chi connectivity index (χ1n) is 7.74. The van der Waals surface area contributed by atoms with Gasteiger partial charge in [0.15, 0.2) is 6.61 Å². The highest BCUT2D eigenvalue weighted by Gasteiger charge is 2.29. The van der Waals surface area contributed by atoms with Crippen LogP contribution >= 0.6 is 0 Å². The summed E-state index contributed by atoms with van der Waals surface area (Å²) in [5, 5.41) is 14.4. The standard InChI is InChI=1S/C18H17N3O4/c22-12-21-16(13-6-2-1-3-7-13)10-15(19-21)14-8-4-5-9-17(14)25-11-18(23)20-24/h1-9,12,16,24H,10-11H2,(H,20,23). The Morgan fingerprint density at radius 3 is 2.68 bits per heavy atom. The molecule has 0 fully saturated rings. The average molecular weight is 339 g/mol. The molecule has 25 heavy (non-hydrogen) atoms. The van der Waals surface area contributed by atoms with Crippen molar-refractivity contribution in [1.82, 2.24) is 10.5 Å². The lowest BCUT2D eigenvalue weighted by Crippen LogP contribution is -2.25. The third-order valence-corrected chi connectivity index (χ3v) is 3.92. The summed E-state index contributed by atoms with van der Waals surface area (Å²) in [4.78, 5) is 22.6. The number of nitrogens with zero attached hydrogens (tertiary/aromatic N) is 2. The van der Waals surface area contributed by atoms with Crippen LogP contribution in [0.15, 0.2) is 59.7 Å². The molecule has 0 saturated carbocycles. The van der Waals surface area contributed by atoms with Crippen LogP contribution < -0.4 is 10.2 Å². The molecule has 7 heteroatoms. The number of benzene rings is 2. The molecule has 2 N–H and O–H groups in total. The van der Waals surface area contributed by atoms with E-state index in [-0.39, 0.29) is 12.6 Å². The van der Waals surface area contributed by atoms with E-state index in [1.54, 1.807) is 12.1 Å². The van der Waals surface area contributed by atoms with Gasteiger partial charge in [-0.1, -0.05) is 42.5 Å². The molecule has 128 valence electrons. The van der Waals surface area contributed by atoms with Gasteiger partial charge >= 0.3 is 0 Å². The normalized spacial score (nSPS) is 16.3. The van der Waals surface area contributed by atoms with Crippen LogP contribution in [0.5, 0.6) is 5.75 Å². The van der Waals surface area contributed by atoms with Gasteiger partial charge in [0.25, 0.3) is 5.91 Å². The summed E-state index contributed by atoms with van der Waals surface area (Å²) in [5.74, 6) is -0.191. The average Bonchev–Trinajstić information content (AvgIpc) is 3.11. The molecule has 0 aliphatic carbocycles. The summed E-state index contributed by atoms with van der Waals surface area (Å²) in [5.41, 5.74) is 3.91. The molecule has 2 aromatic rings. The molecule has 0 saturated heterocycles. The number of hydrogen-bond acceptors (Lipinski definition) is 5. The molecule has 0 bridgehead atoms. The Labute approximate surface area is 144 Å². The second kappa shape index (κ2) is 7.59. The molecule has 0 spiro atoms. The van der Waals surface area contributed by atoms with Crippen LogP contribution in [-0.2, 0) is 9.59 Å². The number of para-hydroxylation sites is 1. The fourth-order valence-corrected chi connectivity index (χ4v) is 2.74. The molecule has 2 amide bonds. The maximum Gasteiger partial charge on any atom is 0.281 e. The molecule has 1 atom stereocenters. The van der Waals surface area contributed by atoms with Gasteiger partial charge in [0.1, 0.15) is 5.75 Å². The number of amides is 2. The van der Waals surface area contributed by atoms with Crippen LogP contribution in [0.1, 0.15) is 23.6 Å². The molecule has 1 heterocycles. The fraction of sp³-hybridized carbons (Fsp3) is 0.167. The van der Waals surface area contributed by atoms with Gasteiger partial charge in [-0.25, -0.2) is 10.5 Å². The van der Waals surface area contributed by atoms with Gasteiger partial charge in [0.2, 0.25) is 6.41 Å². The van der Waals surface area contributed by atoms with Gasteiger partial charge < -0.3 is 4.74 Å². The summed E-state index contributed by atoms with van der Waals surface area (Å²) in [6.45, 7) is -0.319. The third-order valence-electron chi connectivity index (χ3n) is 3.92. The first-order chi connectivity index (χ1) is 12.2. The number of rotatable bonds is 6. The monoisotopic (exact) mass is 339 g/mol. The molecule has 1 unspecified atom stereocenters. The fourth-order valence-electron chi connectivity index (χ4n) is 2.74. The first kappa shape index (κ1) is 16.7. The Morgan fingerprint density at radius 2 is 1.96 bits per heavy atom. The summed E-state index contributed by atoms with van der Waals surface area (Å²) in [6.07, 6.45) is 1.24. The maximum atomic E-state index is 11.4. The van der Waals surface area contributed by atoms with Crippen LogP contribution in [0.3, 0.4) is 0 Å². The van der Waals surface area contributed by atoms with E-state index < -0.39 is 5.91 Å². The highest BCUT2D eigenvalue weighted by atomic mass is 16.5. The Balaban J connectivity index is 1.85. The smallest absolute Gasteiger partial charge is 0.281 e. The molecular formula is C18H17N3O4. The number of hydrogen-bond donors (Lipinski definition) is 2. The van der Waals surface area contributed by atoms with E-state index in [4.69, 9.17) is 9.94 Å². The van der Waals surface area contributed by atoms with E-state index in [1.165, 1.54) is 10.5 Å². The molecular weight excluding hydrogens is 322 g/mol. The minimum absolute atomic E-state index is 0.178. The number of ether oxygens (including phenoxy) is 1. The molecule has 0 aromatic heterocycles. The molecule has 1 aliphatic heterocycles. The molecule has 7 nitrogen and oxygen atoms in total. The predicted octanol–water partition coefficient (Wildman–Crippen LogP) is 1.88. The van der Waals surface area contributed by atoms with Crippen molar-refractivity contribution < 1.29 is 19.5 Å². The zero-order chi connectivity index (χ0) is 17.6. The number of carbonyl (C=O) groups excluding carboxylic acids is 2. The third kappa shape index (κ3) is 3.67. The highest BCUT2D eigenvalue weighted by Crippen LogP contribution is 2.33. The van der Waals surface area contributed by atoms with Crippen molar-refractivity contribution in [2.75, 3.05) is 6.61 Å². The van der Waals surface area contributed by atoms with E-state index in [0.717, 1.165) is 5.56 Å². The van der Waals surface area contributed by atoms with Gasteiger partial charge in [0, 0.05) is 12.0 Å². The van der Waals surface area contributed by atoms with Gasteiger partial charge in [-0.05, 0) is 17.7 Å².